The Bertz CT molecular complexity index is 1430. The Balaban J connectivity index is 1.26. The highest BCUT2D eigenvalue weighted by Crippen LogP contribution is 2.31. The highest BCUT2D eigenvalue weighted by molar-refractivity contribution is 6.06. The zero-order valence-electron chi connectivity index (χ0n) is 28.1. The van der Waals surface area contributed by atoms with Crippen LogP contribution in [0.1, 0.15) is 65.3 Å². The Hall–Kier alpha value is -4.08. The van der Waals surface area contributed by atoms with Crippen LogP contribution in [-0.4, -0.2) is 89.4 Å². The van der Waals surface area contributed by atoms with Gasteiger partial charge in [-0.15, -0.1) is 0 Å². The van der Waals surface area contributed by atoms with Crippen molar-refractivity contribution in [1.29, 1.82) is 0 Å². The van der Waals surface area contributed by atoms with Gasteiger partial charge in [0, 0.05) is 62.8 Å². The van der Waals surface area contributed by atoms with Crippen LogP contribution in [0.3, 0.4) is 0 Å². The first-order valence-corrected chi connectivity index (χ1v) is 17.3. The minimum atomic E-state index is -0.183. The van der Waals surface area contributed by atoms with Gasteiger partial charge in [0.05, 0.1) is 31.6 Å². The summed E-state index contributed by atoms with van der Waals surface area (Å²) in [4.78, 5) is 33.9. The first-order chi connectivity index (χ1) is 23.1. The molecule has 2 amide bonds. The molecule has 3 aromatic carbocycles. The van der Waals surface area contributed by atoms with Gasteiger partial charge in [-0.25, -0.2) is 0 Å². The standard InChI is InChI=1S/C38H51N5O4/c1-3-4-5-6-10-30-13-15-31(16-14-30)37(44)40-32-17-18-34(33(29-32)38(45)39-19-9-20-41-25-27-47-28-26-41)42-21-23-43(24-22-42)35-11-7-8-12-36(35)46-2/h7-8,11-18,29H,3-6,9-10,19-28H2,1-2H3,(H,39,45)(H,40,44). The molecule has 0 unspecified atom stereocenters. The SMILES string of the molecule is CCCCCCc1ccc(C(=O)Nc2ccc(N3CCN(c4ccccc4OC)CC3)c(C(=O)NCCCN3CCOCC3)c2)cc1. The van der Waals surface area contributed by atoms with E-state index in [0.29, 0.717) is 23.4 Å². The summed E-state index contributed by atoms with van der Waals surface area (Å²) >= 11 is 0. The predicted molar refractivity (Wildman–Crippen MR) is 190 cm³/mol. The van der Waals surface area contributed by atoms with E-state index < -0.39 is 0 Å². The highest BCUT2D eigenvalue weighted by Gasteiger charge is 2.24. The molecule has 0 bridgehead atoms. The number of carbonyl (C=O) groups is 2. The van der Waals surface area contributed by atoms with Crippen molar-refractivity contribution < 1.29 is 19.1 Å². The number of morpholine rings is 1. The van der Waals surface area contributed by atoms with Crippen molar-refractivity contribution in [2.75, 3.05) is 87.8 Å². The summed E-state index contributed by atoms with van der Waals surface area (Å²) in [5.41, 5.74) is 4.99. The second kappa shape index (κ2) is 17.7. The molecule has 3 aromatic rings. The molecule has 0 radical (unpaired) electrons. The molecule has 0 saturated carbocycles. The normalized spacial score (nSPS) is 15.4. The molecule has 2 aliphatic heterocycles. The zero-order chi connectivity index (χ0) is 32.8. The molecule has 0 atom stereocenters. The fourth-order valence-electron chi connectivity index (χ4n) is 6.36. The minimum Gasteiger partial charge on any atom is -0.495 e. The maximum absolute atomic E-state index is 13.7. The number of carbonyl (C=O) groups excluding carboxylic acids is 2. The van der Waals surface area contributed by atoms with Crippen molar-refractivity contribution in [3.63, 3.8) is 0 Å². The van der Waals surface area contributed by atoms with Crippen LogP contribution in [0.15, 0.2) is 66.7 Å². The minimum absolute atomic E-state index is 0.127. The predicted octanol–water partition coefficient (Wildman–Crippen LogP) is 5.85. The number of nitrogens with zero attached hydrogens (tertiary/aromatic N) is 3. The Labute approximate surface area is 280 Å². The van der Waals surface area contributed by atoms with Gasteiger partial charge in [0.25, 0.3) is 11.8 Å². The van der Waals surface area contributed by atoms with Gasteiger partial charge in [0.1, 0.15) is 5.75 Å². The number of piperazine rings is 1. The number of hydrogen-bond donors (Lipinski definition) is 2. The van der Waals surface area contributed by atoms with E-state index in [9.17, 15) is 9.59 Å². The van der Waals surface area contributed by atoms with Crippen molar-refractivity contribution in [1.82, 2.24) is 10.2 Å². The third kappa shape index (κ3) is 9.72. The van der Waals surface area contributed by atoms with Crippen LogP contribution in [0.2, 0.25) is 0 Å². The van der Waals surface area contributed by atoms with E-state index in [1.54, 1.807) is 7.11 Å². The molecule has 2 saturated heterocycles. The summed E-state index contributed by atoms with van der Waals surface area (Å²) in [6.07, 6.45) is 6.77. The number of unbranched alkanes of at least 4 members (excludes halogenated alkanes) is 3. The Morgan fingerprint density at radius 3 is 2.23 bits per heavy atom. The van der Waals surface area contributed by atoms with Crippen molar-refractivity contribution in [2.45, 2.75) is 45.4 Å². The largest absolute Gasteiger partial charge is 0.495 e. The number of rotatable bonds is 15. The maximum Gasteiger partial charge on any atom is 0.255 e. The fraction of sp³-hybridized carbons (Fsp3) is 0.474. The van der Waals surface area contributed by atoms with Crippen molar-refractivity contribution in [3.8, 4) is 5.75 Å². The van der Waals surface area contributed by atoms with E-state index in [0.717, 1.165) is 89.0 Å². The van der Waals surface area contributed by atoms with Crippen molar-refractivity contribution in [2.24, 2.45) is 0 Å². The zero-order valence-corrected chi connectivity index (χ0v) is 28.1. The summed E-state index contributed by atoms with van der Waals surface area (Å²) in [6, 6.07) is 21.6. The van der Waals surface area contributed by atoms with Gasteiger partial charge in [0.15, 0.2) is 0 Å². The summed E-state index contributed by atoms with van der Waals surface area (Å²) in [7, 11) is 1.70. The highest BCUT2D eigenvalue weighted by atomic mass is 16.5. The van der Waals surface area contributed by atoms with Crippen LogP contribution in [0, 0.1) is 0 Å². The van der Waals surface area contributed by atoms with Gasteiger partial charge in [0.2, 0.25) is 0 Å². The molecular weight excluding hydrogens is 590 g/mol. The number of ether oxygens (including phenoxy) is 2. The second-order valence-electron chi connectivity index (χ2n) is 12.4. The van der Waals surface area contributed by atoms with Crippen LogP contribution < -0.4 is 25.2 Å². The number of amides is 2. The van der Waals surface area contributed by atoms with E-state index in [2.05, 4.69) is 38.3 Å². The number of hydrogen-bond acceptors (Lipinski definition) is 7. The molecule has 2 fully saturated rings. The summed E-state index contributed by atoms with van der Waals surface area (Å²) in [6.45, 7) is 10.2. The molecule has 47 heavy (non-hydrogen) atoms. The molecule has 0 aromatic heterocycles. The number of benzene rings is 3. The average molecular weight is 642 g/mol. The molecule has 5 rings (SSSR count). The number of para-hydroxylation sites is 2. The van der Waals surface area contributed by atoms with Crippen LogP contribution in [0.4, 0.5) is 17.1 Å². The lowest BCUT2D eigenvalue weighted by molar-refractivity contribution is 0.0374. The molecule has 0 spiro atoms. The summed E-state index contributed by atoms with van der Waals surface area (Å²) in [5, 5.41) is 6.18. The quantitative estimate of drug-likeness (QED) is 0.202. The van der Waals surface area contributed by atoms with Crippen molar-refractivity contribution >= 4 is 28.9 Å². The smallest absolute Gasteiger partial charge is 0.255 e. The monoisotopic (exact) mass is 641 g/mol. The van der Waals surface area contributed by atoms with Crippen molar-refractivity contribution in [3.05, 3.63) is 83.4 Å². The lowest BCUT2D eigenvalue weighted by atomic mass is 10.0. The number of methoxy groups -OCH3 is 1. The number of anilines is 3. The lowest BCUT2D eigenvalue weighted by Gasteiger charge is -2.38. The molecule has 2 aliphatic rings. The van der Waals surface area contributed by atoms with Gasteiger partial charge in [-0.1, -0.05) is 50.5 Å². The molecule has 0 aliphatic carbocycles. The second-order valence-corrected chi connectivity index (χ2v) is 12.4. The van der Waals surface area contributed by atoms with E-state index in [1.807, 2.05) is 60.7 Å². The molecule has 9 heteroatoms. The summed E-state index contributed by atoms with van der Waals surface area (Å²) < 4.78 is 11.1. The molecule has 252 valence electrons. The van der Waals surface area contributed by atoms with Gasteiger partial charge in [-0.2, -0.15) is 0 Å². The van der Waals surface area contributed by atoms with Crippen LogP contribution in [0.5, 0.6) is 5.75 Å². The number of aryl methyl sites for hydroxylation is 1. The van der Waals surface area contributed by atoms with E-state index >= 15 is 0 Å². The molecule has 2 N–H and O–H groups in total. The van der Waals surface area contributed by atoms with Gasteiger partial charge in [-0.3, -0.25) is 14.5 Å². The Morgan fingerprint density at radius 1 is 0.787 bits per heavy atom. The van der Waals surface area contributed by atoms with Crippen LogP contribution >= 0.6 is 0 Å². The van der Waals surface area contributed by atoms with Gasteiger partial charge >= 0.3 is 0 Å². The Morgan fingerprint density at radius 2 is 1.51 bits per heavy atom. The fourth-order valence-corrected chi connectivity index (χ4v) is 6.36. The molecule has 2 heterocycles. The topological polar surface area (TPSA) is 86.4 Å². The summed E-state index contributed by atoms with van der Waals surface area (Å²) in [5.74, 6) is 0.551. The third-order valence-electron chi connectivity index (χ3n) is 9.12. The van der Waals surface area contributed by atoms with Crippen LogP contribution in [-0.2, 0) is 11.2 Å². The molecular formula is C38H51N5O4. The van der Waals surface area contributed by atoms with Gasteiger partial charge < -0.3 is 29.9 Å². The maximum atomic E-state index is 13.7. The lowest BCUT2D eigenvalue weighted by Crippen LogP contribution is -2.47. The van der Waals surface area contributed by atoms with E-state index in [4.69, 9.17) is 9.47 Å². The van der Waals surface area contributed by atoms with E-state index in [1.165, 1.54) is 31.2 Å². The first kappa shape index (κ1) is 34.3. The van der Waals surface area contributed by atoms with Crippen LogP contribution in [0.25, 0.3) is 0 Å². The molecule has 9 nitrogen and oxygen atoms in total. The Kier molecular flexibility index (Phi) is 12.9. The third-order valence-corrected chi connectivity index (χ3v) is 9.12. The first-order valence-electron chi connectivity index (χ1n) is 17.3. The average Bonchev–Trinajstić information content (AvgIpc) is 3.12. The number of nitrogens with one attached hydrogen (secondary N) is 2. The van der Waals surface area contributed by atoms with E-state index in [-0.39, 0.29) is 11.8 Å². The van der Waals surface area contributed by atoms with Gasteiger partial charge in [-0.05, 0) is 73.8 Å².